The van der Waals surface area contributed by atoms with Crippen molar-refractivity contribution >= 4 is 23.8 Å². The highest BCUT2D eigenvalue weighted by molar-refractivity contribution is 5.89. The molecule has 0 bridgehead atoms. The fourth-order valence-corrected chi connectivity index (χ4v) is 2.22. The molecule has 1 fully saturated rings. The lowest BCUT2D eigenvalue weighted by molar-refractivity contribution is -0.139. The number of likely N-dealkylation sites (N-methyl/N-ethyl adjacent to an activating group) is 1. The van der Waals surface area contributed by atoms with Gasteiger partial charge in [-0.2, -0.15) is 0 Å². The van der Waals surface area contributed by atoms with E-state index >= 15 is 0 Å². The van der Waals surface area contributed by atoms with Crippen molar-refractivity contribution in [3.8, 4) is 0 Å². The van der Waals surface area contributed by atoms with E-state index in [4.69, 9.17) is 10.8 Å². The Morgan fingerprint density at radius 3 is 2.57 bits per heavy atom. The molecular formula is C12H20N4O5. The summed E-state index contributed by atoms with van der Waals surface area (Å²) in [5.74, 6) is -2.17. The Balaban J connectivity index is 2.66. The number of nitrogens with two attached hydrogens (primary N) is 1. The van der Waals surface area contributed by atoms with Crippen LogP contribution in [0, 0.1) is 0 Å². The lowest BCUT2D eigenvalue weighted by atomic mass is 10.1. The number of rotatable bonds is 6. The lowest BCUT2D eigenvalue weighted by Crippen LogP contribution is -2.52. The number of hydrogen-bond donors (Lipinski definition) is 4. The zero-order chi connectivity index (χ0) is 16.0. The molecule has 9 heteroatoms. The average Bonchev–Trinajstić information content (AvgIpc) is 2.91. The van der Waals surface area contributed by atoms with Crippen molar-refractivity contribution in [3.63, 3.8) is 0 Å². The van der Waals surface area contributed by atoms with Gasteiger partial charge < -0.3 is 26.4 Å². The molecule has 0 aromatic carbocycles. The van der Waals surface area contributed by atoms with Crippen LogP contribution < -0.4 is 16.4 Å². The molecular weight excluding hydrogens is 280 g/mol. The second-order valence-corrected chi connectivity index (χ2v) is 4.81. The number of hydrogen-bond acceptors (Lipinski definition) is 4. The number of nitrogens with one attached hydrogen (secondary N) is 2. The van der Waals surface area contributed by atoms with Crippen molar-refractivity contribution in [3.05, 3.63) is 0 Å². The number of carbonyl (C=O) groups excluding carboxylic acids is 3. The molecule has 2 atom stereocenters. The van der Waals surface area contributed by atoms with Crippen LogP contribution in [0.15, 0.2) is 0 Å². The first kappa shape index (κ1) is 16.7. The average molecular weight is 300 g/mol. The molecule has 0 aromatic rings. The summed E-state index contributed by atoms with van der Waals surface area (Å²) in [6.45, 7) is 0.381. The van der Waals surface area contributed by atoms with Gasteiger partial charge in [-0.1, -0.05) is 0 Å². The molecule has 0 spiro atoms. The van der Waals surface area contributed by atoms with Gasteiger partial charge in [0.05, 0.1) is 0 Å². The first-order valence-electron chi connectivity index (χ1n) is 6.66. The molecule has 1 heterocycles. The van der Waals surface area contributed by atoms with Crippen molar-refractivity contribution in [1.29, 1.82) is 0 Å². The quantitative estimate of drug-likeness (QED) is 0.478. The summed E-state index contributed by atoms with van der Waals surface area (Å²) in [4.78, 5) is 46.8. The number of urea groups is 1. The summed E-state index contributed by atoms with van der Waals surface area (Å²) in [6, 6.07) is -2.44. The molecule has 1 aliphatic heterocycles. The van der Waals surface area contributed by atoms with Crippen LogP contribution in [-0.4, -0.2) is 59.5 Å². The maximum atomic E-state index is 12.1. The number of carboxylic acids is 1. The van der Waals surface area contributed by atoms with Gasteiger partial charge in [0.25, 0.3) is 0 Å². The first-order valence-corrected chi connectivity index (χ1v) is 6.66. The summed E-state index contributed by atoms with van der Waals surface area (Å²) < 4.78 is 0. The smallest absolute Gasteiger partial charge is 0.326 e. The van der Waals surface area contributed by atoms with Gasteiger partial charge >= 0.3 is 12.0 Å². The minimum absolute atomic E-state index is 0.0884. The van der Waals surface area contributed by atoms with Crippen LogP contribution in [-0.2, 0) is 14.4 Å². The Hall–Kier alpha value is -2.32. The Labute approximate surface area is 121 Å². The maximum Gasteiger partial charge on any atom is 0.326 e. The molecule has 2 unspecified atom stereocenters. The van der Waals surface area contributed by atoms with E-state index in [1.807, 2.05) is 0 Å². The molecule has 0 aliphatic carbocycles. The van der Waals surface area contributed by atoms with E-state index in [0.717, 1.165) is 0 Å². The van der Waals surface area contributed by atoms with Crippen LogP contribution in [0.3, 0.4) is 0 Å². The Kier molecular flexibility index (Phi) is 5.94. The topological polar surface area (TPSA) is 142 Å². The predicted molar refractivity (Wildman–Crippen MR) is 72.2 cm³/mol. The van der Waals surface area contributed by atoms with Crippen LogP contribution in [0.1, 0.15) is 25.7 Å². The van der Waals surface area contributed by atoms with Gasteiger partial charge in [-0.25, -0.2) is 9.59 Å². The van der Waals surface area contributed by atoms with Crippen molar-refractivity contribution in [2.45, 2.75) is 37.8 Å². The fraction of sp³-hybridized carbons (Fsp3) is 0.667. The SMILES string of the molecule is CNC(=O)C1CCCN1C(=O)NC(CCC(N)=O)C(=O)O. The van der Waals surface area contributed by atoms with E-state index in [1.165, 1.54) is 11.9 Å². The third-order valence-electron chi connectivity index (χ3n) is 3.34. The number of carbonyl (C=O) groups is 4. The molecule has 1 saturated heterocycles. The minimum Gasteiger partial charge on any atom is -0.480 e. The number of amides is 4. The van der Waals surface area contributed by atoms with E-state index < -0.39 is 30.0 Å². The van der Waals surface area contributed by atoms with Gasteiger partial charge in [0.2, 0.25) is 11.8 Å². The van der Waals surface area contributed by atoms with Gasteiger partial charge in [0, 0.05) is 20.0 Å². The molecule has 0 aromatic heterocycles. The lowest BCUT2D eigenvalue weighted by Gasteiger charge is -2.25. The van der Waals surface area contributed by atoms with Gasteiger partial charge in [-0.05, 0) is 19.3 Å². The van der Waals surface area contributed by atoms with Gasteiger partial charge in [0.15, 0.2) is 0 Å². The zero-order valence-corrected chi connectivity index (χ0v) is 11.8. The van der Waals surface area contributed by atoms with E-state index in [1.54, 1.807) is 0 Å². The molecule has 0 saturated carbocycles. The molecule has 0 radical (unpaired) electrons. The highest BCUT2D eigenvalue weighted by atomic mass is 16.4. The molecule has 1 rings (SSSR count). The van der Waals surface area contributed by atoms with Crippen LogP contribution in [0.4, 0.5) is 4.79 Å². The Bertz CT molecular complexity index is 439. The molecule has 9 nitrogen and oxygen atoms in total. The fourth-order valence-electron chi connectivity index (χ4n) is 2.22. The number of aliphatic carboxylic acids is 1. The second kappa shape index (κ2) is 7.46. The van der Waals surface area contributed by atoms with Gasteiger partial charge in [-0.3, -0.25) is 9.59 Å². The maximum absolute atomic E-state index is 12.1. The molecule has 1 aliphatic rings. The Morgan fingerprint density at radius 1 is 1.38 bits per heavy atom. The van der Waals surface area contributed by atoms with E-state index in [-0.39, 0.29) is 18.7 Å². The summed E-state index contributed by atoms with van der Waals surface area (Å²) in [5, 5.41) is 13.8. The van der Waals surface area contributed by atoms with Crippen molar-refractivity contribution < 1.29 is 24.3 Å². The second-order valence-electron chi connectivity index (χ2n) is 4.81. The normalized spacial score (nSPS) is 18.9. The van der Waals surface area contributed by atoms with E-state index in [9.17, 15) is 19.2 Å². The van der Waals surface area contributed by atoms with E-state index in [0.29, 0.717) is 19.4 Å². The standard InChI is InChI=1S/C12H20N4O5/c1-14-10(18)8-3-2-6-16(8)12(21)15-7(11(19)20)4-5-9(13)17/h7-8H,2-6H2,1H3,(H2,13,17)(H,14,18)(H,15,21)(H,19,20). The number of nitrogens with zero attached hydrogens (tertiary/aromatic N) is 1. The van der Waals surface area contributed by atoms with Crippen LogP contribution in [0.25, 0.3) is 0 Å². The number of carboxylic acid groups (broad SMARTS) is 1. The van der Waals surface area contributed by atoms with Crippen LogP contribution in [0.2, 0.25) is 0 Å². The summed E-state index contributed by atoms with van der Waals surface area (Å²) >= 11 is 0. The minimum atomic E-state index is -1.25. The highest BCUT2D eigenvalue weighted by Gasteiger charge is 2.35. The van der Waals surface area contributed by atoms with Crippen molar-refractivity contribution in [2.24, 2.45) is 5.73 Å². The largest absolute Gasteiger partial charge is 0.480 e. The summed E-state index contributed by atoms with van der Waals surface area (Å²) in [5.41, 5.74) is 4.97. The van der Waals surface area contributed by atoms with Crippen LogP contribution in [0.5, 0.6) is 0 Å². The highest BCUT2D eigenvalue weighted by Crippen LogP contribution is 2.17. The molecule has 21 heavy (non-hydrogen) atoms. The van der Waals surface area contributed by atoms with Gasteiger partial charge in [-0.15, -0.1) is 0 Å². The third-order valence-corrected chi connectivity index (χ3v) is 3.34. The van der Waals surface area contributed by atoms with Crippen molar-refractivity contribution in [1.82, 2.24) is 15.5 Å². The zero-order valence-electron chi connectivity index (χ0n) is 11.8. The monoisotopic (exact) mass is 300 g/mol. The Morgan fingerprint density at radius 2 is 2.05 bits per heavy atom. The van der Waals surface area contributed by atoms with Gasteiger partial charge in [0.1, 0.15) is 12.1 Å². The first-order chi connectivity index (χ1) is 9.86. The molecule has 5 N–H and O–H groups in total. The number of likely N-dealkylation sites (tertiary alicyclic amines) is 1. The molecule has 118 valence electrons. The summed E-state index contributed by atoms with van der Waals surface area (Å²) in [7, 11) is 1.48. The predicted octanol–water partition coefficient (Wildman–Crippen LogP) is -1.37. The van der Waals surface area contributed by atoms with Crippen LogP contribution >= 0.6 is 0 Å². The van der Waals surface area contributed by atoms with Crippen molar-refractivity contribution in [2.75, 3.05) is 13.6 Å². The number of primary amides is 1. The summed E-state index contributed by atoms with van der Waals surface area (Å²) in [6.07, 6.45) is 0.974. The van der Waals surface area contributed by atoms with E-state index in [2.05, 4.69) is 10.6 Å². The third kappa shape index (κ3) is 4.62. The molecule has 4 amide bonds.